The molecule has 2 rings (SSSR count). The van der Waals surface area contributed by atoms with Crippen molar-refractivity contribution < 1.29 is 8.42 Å². The lowest BCUT2D eigenvalue weighted by Gasteiger charge is -2.14. The zero-order chi connectivity index (χ0) is 10.3. The minimum absolute atomic E-state index is 0.0461. The number of hydrogen-bond donors (Lipinski definition) is 1. The number of fused-ring (bicyclic) bond motifs is 1. The maximum atomic E-state index is 11.2. The van der Waals surface area contributed by atoms with Crippen molar-refractivity contribution >= 4 is 15.7 Å². The van der Waals surface area contributed by atoms with Crippen molar-refractivity contribution in [1.82, 2.24) is 9.55 Å². The monoisotopic (exact) mass is 212 g/mol. The molecule has 0 aromatic carbocycles. The molecule has 0 aliphatic carbocycles. The van der Waals surface area contributed by atoms with Gasteiger partial charge in [0.2, 0.25) is 0 Å². The molecule has 0 bridgehead atoms. The van der Waals surface area contributed by atoms with Crippen molar-refractivity contribution in [2.75, 3.05) is 11.5 Å². The molecule has 0 atom stereocenters. The van der Waals surface area contributed by atoms with E-state index in [4.69, 9.17) is 11.0 Å². The first-order valence-electron chi connectivity index (χ1n) is 3.99. The maximum Gasteiger partial charge on any atom is 0.164 e. The van der Waals surface area contributed by atoms with Crippen molar-refractivity contribution in [2.24, 2.45) is 0 Å². The van der Waals surface area contributed by atoms with E-state index in [-0.39, 0.29) is 29.6 Å². The third kappa shape index (κ3) is 1.24. The van der Waals surface area contributed by atoms with Crippen LogP contribution in [0.25, 0.3) is 0 Å². The number of nitriles is 1. The molecule has 74 valence electrons. The topological polar surface area (TPSA) is 102 Å². The number of hydrogen-bond acceptors (Lipinski definition) is 5. The highest BCUT2D eigenvalue weighted by atomic mass is 32.2. The molecule has 0 radical (unpaired) electrons. The summed E-state index contributed by atoms with van der Waals surface area (Å²) in [5, 5.41) is 8.75. The molecule has 6 nitrogen and oxygen atoms in total. The zero-order valence-corrected chi connectivity index (χ0v) is 8.08. The fourth-order valence-electron chi connectivity index (χ4n) is 1.49. The van der Waals surface area contributed by atoms with Crippen LogP contribution in [-0.2, 0) is 22.1 Å². The van der Waals surface area contributed by atoms with Crippen molar-refractivity contribution in [3.8, 4) is 6.07 Å². The van der Waals surface area contributed by atoms with E-state index in [1.807, 2.05) is 6.07 Å². The molecule has 0 saturated heterocycles. The quantitative estimate of drug-likeness (QED) is 0.610. The van der Waals surface area contributed by atoms with Crippen LogP contribution in [0.3, 0.4) is 0 Å². The Hall–Kier alpha value is -1.55. The van der Waals surface area contributed by atoms with E-state index < -0.39 is 9.84 Å². The second-order valence-corrected chi connectivity index (χ2v) is 5.30. The Kier molecular flexibility index (Phi) is 1.75. The van der Waals surface area contributed by atoms with E-state index in [0.29, 0.717) is 5.82 Å². The fourth-order valence-corrected chi connectivity index (χ4v) is 2.71. The van der Waals surface area contributed by atoms with E-state index in [2.05, 4.69) is 4.98 Å². The predicted octanol–water partition coefficient (Wildman–Crippen LogP) is -0.735. The van der Waals surface area contributed by atoms with Crippen LogP contribution in [0.2, 0.25) is 0 Å². The molecular weight excluding hydrogens is 204 g/mol. The van der Waals surface area contributed by atoms with E-state index in [0.717, 1.165) is 0 Å². The zero-order valence-electron chi connectivity index (χ0n) is 7.27. The summed E-state index contributed by atoms with van der Waals surface area (Å²) in [5.41, 5.74) is 5.73. The first-order chi connectivity index (χ1) is 6.53. The van der Waals surface area contributed by atoms with Crippen LogP contribution in [0.5, 0.6) is 0 Å². The number of nitrogens with two attached hydrogens (primary N) is 1. The van der Waals surface area contributed by atoms with E-state index >= 15 is 0 Å². The minimum atomic E-state index is -3.06. The number of aromatic nitrogens is 2. The molecule has 0 amide bonds. The van der Waals surface area contributed by atoms with Crippen LogP contribution >= 0.6 is 0 Å². The van der Waals surface area contributed by atoms with Gasteiger partial charge >= 0.3 is 0 Å². The largest absolute Gasteiger partial charge is 0.381 e. The Morgan fingerprint density at radius 2 is 2.29 bits per heavy atom. The Morgan fingerprint density at radius 1 is 1.57 bits per heavy atom. The molecule has 14 heavy (non-hydrogen) atoms. The van der Waals surface area contributed by atoms with Crippen LogP contribution < -0.4 is 5.73 Å². The molecular formula is C7H8N4O2S. The highest BCUT2D eigenvalue weighted by Gasteiger charge is 2.26. The average molecular weight is 212 g/mol. The molecule has 0 unspecified atom stereocenters. The van der Waals surface area contributed by atoms with Crippen molar-refractivity contribution in [2.45, 2.75) is 12.3 Å². The minimum Gasteiger partial charge on any atom is -0.381 e. The van der Waals surface area contributed by atoms with Crippen molar-refractivity contribution in [1.29, 1.82) is 5.26 Å². The third-order valence-electron chi connectivity index (χ3n) is 2.15. The van der Waals surface area contributed by atoms with Crippen LogP contribution in [-0.4, -0.2) is 23.7 Å². The molecule has 1 aromatic rings. The van der Waals surface area contributed by atoms with Gasteiger partial charge in [-0.3, -0.25) is 0 Å². The van der Waals surface area contributed by atoms with Gasteiger partial charge in [0, 0.05) is 6.54 Å². The molecule has 2 heterocycles. The van der Waals surface area contributed by atoms with Gasteiger partial charge < -0.3 is 10.3 Å². The highest BCUT2D eigenvalue weighted by molar-refractivity contribution is 7.90. The van der Waals surface area contributed by atoms with E-state index in [1.165, 1.54) is 0 Å². The van der Waals surface area contributed by atoms with Gasteiger partial charge in [0.15, 0.2) is 21.3 Å². The summed E-state index contributed by atoms with van der Waals surface area (Å²) in [4.78, 5) is 3.86. The van der Waals surface area contributed by atoms with Crippen LogP contribution in [0.15, 0.2) is 0 Å². The summed E-state index contributed by atoms with van der Waals surface area (Å²) in [5.74, 6) is 0.397. The Balaban J connectivity index is 2.58. The van der Waals surface area contributed by atoms with E-state index in [9.17, 15) is 8.42 Å². The summed E-state index contributed by atoms with van der Waals surface area (Å²) in [6.45, 7) is 0.269. The summed E-state index contributed by atoms with van der Waals surface area (Å²) in [6.07, 6.45) is 0. The van der Waals surface area contributed by atoms with Gasteiger partial charge in [-0.15, -0.1) is 0 Å². The fraction of sp³-hybridized carbons (Fsp3) is 0.429. The number of nitrogens with zero attached hydrogens (tertiary/aromatic N) is 3. The van der Waals surface area contributed by atoms with Crippen LogP contribution in [0, 0.1) is 11.3 Å². The lowest BCUT2D eigenvalue weighted by Crippen LogP contribution is -2.24. The molecule has 1 aliphatic heterocycles. The van der Waals surface area contributed by atoms with Gasteiger partial charge in [-0.25, -0.2) is 13.4 Å². The van der Waals surface area contributed by atoms with Crippen LogP contribution in [0.1, 0.15) is 11.5 Å². The third-order valence-corrected chi connectivity index (χ3v) is 3.66. The summed E-state index contributed by atoms with van der Waals surface area (Å²) >= 11 is 0. The van der Waals surface area contributed by atoms with Gasteiger partial charge in [0.1, 0.15) is 17.6 Å². The van der Waals surface area contributed by atoms with Gasteiger partial charge in [0.25, 0.3) is 0 Å². The second kappa shape index (κ2) is 2.72. The molecule has 1 aromatic heterocycles. The maximum absolute atomic E-state index is 11.2. The summed E-state index contributed by atoms with van der Waals surface area (Å²) in [7, 11) is -3.06. The van der Waals surface area contributed by atoms with Gasteiger partial charge in [-0.05, 0) is 0 Å². The van der Waals surface area contributed by atoms with Crippen molar-refractivity contribution in [3.63, 3.8) is 0 Å². The average Bonchev–Trinajstić information content (AvgIpc) is 2.37. The normalized spacial score (nSPS) is 18.5. The second-order valence-electron chi connectivity index (χ2n) is 3.12. The number of sulfone groups is 1. The summed E-state index contributed by atoms with van der Waals surface area (Å²) < 4.78 is 24.1. The Morgan fingerprint density at radius 3 is 2.93 bits per heavy atom. The molecule has 0 spiro atoms. The van der Waals surface area contributed by atoms with Crippen molar-refractivity contribution in [3.05, 3.63) is 11.5 Å². The number of rotatable bonds is 0. The Labute approximate surface area is 80.9 Å². The smallest absolute Gasteiger partial charge is 0.164 e. The predicted molar refractivity (Wildman–Crippen MR) is 48.8 cm³/mol. The first-order valence-corrected chi connectivity index (χ1v) is 5.81. The molecule has 2 N–H and O–H groups in total. The lowest BCUT2D eigenvalue weighted by atomic mass is 10.4. The van der Waals surface area contributed by atoms with Gasteiger partial charge in [-0.2, -0.15) is 5.26 Å². The Bertz CT molecular complexity index is 523. The lowest BCUT2D eigenvalue weighted by molar-refractivity contribution is 0.570. The highest BCUT2D eigenvalue weighted by Crippen LogP contribution is 2.19. The van der Waals surface area contributed by atoms with Crippen LogP contribution in [0.4, 0.5) is 5.82 Å². The molecule has 0 saturated carbocycles. The standard InChI is InChI=1S/C7H8N4O2S/c8-3-5-7(9)10-6-4-14(12,13)2-1-11(5)6/h1-2,4,9H2. The van der Waals surface area contributed by atoms with E-state index in [1.54, 1.807) is 4.57 Å². The van der Waals surface area contributed by atoms with Gasteiger partial charge in [0.05, 0.1) is 5.75 Å². The SMILES string of the molecule is N#Cc1c(N)nc2n1CCS(=O)(=O)C2. The molecule has 7 heteroatoms. The number of imidazole rings is 1. The first kappa shape index (κ1) is 9.02. The summed E-state index contributed by atoms with van der Waals surface area (Å²) in [6, 6.07) is 1.91. The molecule has 1 aliphatic rings. The van der Waals surface area contributed by atoms with Gasteiger partial charge in [-0.1, -0.05) is 0 Å². The molecule has 0 fully saturated rings. The number of anilines is 1. The number of nitrogen functional groups attached to an aromatic ring is 1.